The van der Waals surface area contributed by atoms with Crippen LogP contribution in [0.15, 0.2) is 12.1 Å². The highest BCUT2D eigenvalue weighted by molar-refractivity contribution is 5.76. The Bertz CT molecular complexity index is 700. The summed E-state index contributed by atoms with van der Waals surface area (Å²) in [6, 6.07) is 4.37. The molecule has 0 aliphatic heterocycles. The normalized spacial score (nSPS) is 14.4. The van der Waals surface area contributed by atoms with Crippen molar-refractivity contribution in [1.29, 1.82) is 5.26 Å². The van der Waals surface area contributed by atoms with Crippen LogP contribution in [-0.4, -0.2) is 28.5 Å². The predicted molar refractivity (Wildman–Crippen MR) is 76.5 cm³/mol. The van der Waals surface area contributed by atoms with Gasteiger partial charge in [0.05, 0.1) is 29.1 Å². The molecule has 1 heterocycles. The number of imidazole rings is 1. The first-order chi connectivity index (χ1) is 9.85. The molecule has 0 saturated carbocycles. The molecule has 4 nitrogen and oxygen atoms in total. The number of aromatic nitrogens is 2. The van der Waals surface area contributed by atoms with Gasteiger partial charge < -0.3 is 4.57 Å². The van der Waals surface area contributed by atoms with Crippen molar-refractivity contribution >= 4 is 11.0 Å². The van der Waals surface area contributed by atoms with Gasteiger partial charge in [0.25, 0.3) is 0 Å². The Hall–Kier alpha value is -2.00. The second kappa shape index (κ2) is 5.78. The van der Waals surface area contributed by atoms with E-state index in [1.165, 1.54) is 0 Å². The molecule has 2 rings (SSSR count). The quantitative estimate of drug-likeness (QED) is 0.870. The Morgan fingerprint density at radius 1 is 1.29 bits per heavy atom. The minimum Gasteiger partial charge on any atom is -0.325 e. The SMILES string of the molecule is CC(C#N)Cn1c(C(C)N(C)C)nc2cc(F)c(F)cc21. The van der Waals surface area contributed by atoms with Crippen LogP contribution in [-0.2, 0) is 6.54 Å². The summed E-state index contributed by atoms with van der Waals surface area (Å²) in [4.78, 5) is 6.39. The van der Waals surface area contributed by atoms with Crippen molar-refractivity contribution in [2.75, 3.05) is 14.1 Å². The van der Waals surface area contributed by atoms with Crippen molar-refractivity contribution in [3.8, 4) is 6.07 Å². The van der Waals surface area contributed by atoms with Crippen molar-refractivity contribution in [3.05, 3.63) is 29.6 Å². The third-order valence-electron chi connectivity index (χ3n) is 3.64. The Morgan fingerprint density at radius 2 is 1.90 bits per heavy atom. The summed E-state index contributed by atoms with van der Waals surface area (Å²) in [7, 11) is 3.81. The molecular weight excluding hydrogens is 274 g/mol. The molecule has 2 aromatic rings. The van der Waals surface area contributed by atoms with Crippen LogP contribution in [0.2, 0.25) is 0 Å². The fourth-order valence-electron chi connectivity index (χ4n) is 2.20. The zero-order valence-corrected chi connectivity index (χ0v) is 12.6. The third kappa shape index (κ3) is 2.88. The highest BCUT2D eigenvalue weighted by Gasteiger charge is 2.21. The molecule has 2 unspecified atom stereocenters. The molecule has 0 radical (unpaired) electrons. The highest BCUT2D eigenvalue weighted by atomic mass is 19.2. The van der Waals surface area contributed by atoms with Gasteiger partial charge in [-0.2, -0.15) is 5.26 Å². The van der Waals surface area contributed by atoms with E-state index in [2.05, 4.69) is 11.1 Å². The molecule has 0 N–H and O–H groups in total. The van der Waals surface area contributed by atoms with Crippen LogP contribution in [0.1, 0.15) is 25.7 Å². The fraction of sp³-hybridized carbons (Fsp3) is 0.467. The molecule has 1 aromatic heterocycles. The average Bonchev–Trinajstić information content (AvgIpc) is 2.76. The van der Waals surface area contributed by atoms with Crippen molar-refractivity contribution in [1.82, 2.24) is 14.5 Å². The van der Waals surface area contributed by atoms with E-state index >= 15 is 0 Å². The van der Waals surface area contributed by atoms with Gasteiger partial charge in [0.2, 0.25) is 0 Å². The lowest BCUT2D eigenvalue weighted by atomic mass is 10.2. The minimum absolute atomic E-state index is 0.0329. The van der Waals surface area contributed by atoms with Crippen LogP contribution in [0.4, 0.5) is 8.78 Å². The van der Waals surface area contributed by atoms with Crippen molar-refractivity contribution in [2.45, 2.75) is 26.4 Å². The van der Waals surface area contributed by atoms with Crippen LogP contribution in [0.25, 0.3) is 11.0 Å². The van der Waals surface area contributed by atoms with E-state index < -0.39 is 11.6 Å². The first kappa shape index (κ1) is 15.4. The standard InChI is InChI=1S/C15H18F2N4/c1-9(7-18)8-21-14-6-12(17)11(16)5-13(14)19-15(21)10(2)20(3)4/h5-6,9-10H,8H2,1-4H3. The lowest BCUT2D eigenvalue weighted by molar-refractivity contribution is 0.299. The average molecular weight is 292 g/mol. The molecular formula is C15H18F2N4. The van der Waals surface area contributed by atoms with E-state index in [0.717, 1.165) is 12.1 Å². The number of benzene rings is 1. The molecule has 1 aromatic carbocycles. The van der Waals surface area contributed by atoms with E-state index in [-0.39, 0.29) is 12.0 Å². The zero-order valence-electron chi connectivity index (χ0n) is 12.6. The second-order valence-electron chi connectivity index (χ2n) is 5.51. The number of rotatable bonds is 4. The summed E-state index contributed by atoms with van der Waals surface area (Å²) in [6.07, 6.45) is 0. The Labute approximate surface area is 122 Å². The van der Waals surface area contributed by atoms with Crippen LogP contribution in [0, 0.1) is 28.9 Å². The topological polar surface area (TPSA) is 44.9 Å². The van der Waals surface area contributed by atoms with Gasteiger partial charge >= 0.3 is 0 Å². The molecule has 0 bridgehead atoms. The van der Waals surface area contributed by atoms with E-state index in [0.29, 0.717) is 23.4 Å². The number of halogens is 2. The number of hydrogen-bond acceptors (Lipinski definition) is 3. The van der Waals surface area contributed by atoms with Gasteiger partial charge in [-0.1, -0.05) is 0 Å². The monoisotopic (exact) mass is 292 g/mol. The number of fused-ring (bicyclic) bond motifs is 1. The van der Waals surface area contributed by atoms with Gasteiger partial charge in [-0.25, -0.2) is 13.8 Å². The van der Waals surface area contributed by atoms with E-state index in [4.69, 9.17) is 5.26 Å². The van der Waals surface area contributed by atoms with E-state index in [9.17, 15) is 8.78 Å². The first-order valence-corrected chi connectivity index (χ1v) is 6.76. The van der Waals surface area contributed by atoms with Gasteiger partial charge in [-0.15, -0.1) is 0 Å². The van der Waals surface area contributed by atoms with E-state index in [1.807, 2.05) is 25.9 Å². The first-order valence-electron chi connectivity index (χ1n) is 6.76. The Morgan fingerprint density at radius 3 is 2.48 bits per heavy atom. The molecule has 0 amide bonds. The maximum atomic E-state index is 13.5. The van der Waals surface area contributed by atoms with Crippen LogP contribution in [0.3, 0.4) is 0 Å². The molecule has 0 fully saturated rings. The summed E-state index contributed by atoms with van der Waals surface area (Å²) < 4.78 is 28.7. The van der Waals surface area contributed by atoms with E-state index in [1.54, 1.807) is 11.5 Å². The molecule has 0 spiro atoms. The molecule has 2 atom stereocenters. The van der Waals surface area contributed by atoms with Gasteiger partial charge in [0, 0.05) is 18.7 Å². The second-order valence-corrected chi connectivity index (χ2v) is 5.51. The summed E-state index contributed by atoms with van der Waals surface area (Å²) in [5.41, 5.74) is 0.919. The molecule has 6 heteroatoms. The van der Waals surface area contributed by atoms with Crippen molar-refractivity contribution in [3.63, 3.8) is 0 Å². The Balaban J connectivity index is 2.66. The number of nitrogens with zero attached hydrogens (tertiary/aromatic N) is 4. The van der Waals surface area contributed by atoms with Crippen LogP contribution < -0.4 is 0 Å². The minimum atomic E-state index is -0.912. The molecule has 0 aliphatic rings. The van der Waals surface area contributed by atoms with Gasteiger partial charge in [-0.3, -0.25) is 4.90 Å². The molecule has 21 heavy (non-hydrogen) atoms. The van der Waals surface area contributed by atoms with Crippen LogP contribution in [0.5, 0.6) is 0 Å². The van der Waals surface area contributed by atoms with Crippen molar-refractivity contribution in [2.24, 2.45) is 5.92 Å². The lowest BCUT2D eigenvalue weighted by Crippen LogP contribution is -2.22. The van der Waals surface area contributed by atoms with Gasteiger partial charge in [0.1, 0.15) is 5.82 Å². The zero-order chi connectivity index (χ0) is 15.7. The van der Waals surface area contributed by atoms with Gasteiger partial charge in [-0.05, 0) is 27.9 Å². The highest BCUT2D eigenvalue weighted by Crippen LogP contribution is 2.26. The number of nitriles is 1. The third-order valence-corrected chi connectivity index (χ3v) is 3.64. The predicted octanol–water partition coefficient (Wildman–Crippen LogP) is 3.10. The lowest BCUT2D eigenvalue weighted by Gasteiger charge is -2.21. The molecule has 0 saturated heterocycles. The number of hydrogen-bond donors (Lipinski definition) is 0. The smallest absolute Gasteiger partial charge is 0.161 e. The summed E-state index contributed by atoms with van der Waals surface area (Å²) in [5.74, 6) is -1.37. The Kier molecular flexibility index (Phi) is 4.24. The maximum absolute atomic E-state index is 13.5. The molecule has 112 valence electrons. The van der Waals surface area contributed by atoms with Crippen molar-refractivity contribution < 1.29 is 8.78 Å². The summed E-state index contributed by atoms with van der Waals surface area (Å²) in [5, 5.41) is 9.01. The summed E-state index contributed by atoms with van der Waals surface area (Å²) in [6.45, 7) is 4.14. The molecule has 0 aliphatic carbocycles. The summed E-state index contributed by atoms with van der Waals surface area (Å²) >= 11 is 0. The van der Waals surface area contributed by atoms with Crippen LogP contribution >= 0.6 is 0 Å². The maximum Gasteiger partial charge on any atom is 0.161 e. The van der Waals surface area contributed by atoms with Gasteiger partial charge in [0.15, 0.2) is 11.6 Å². The fourth-order valence-corrected chi connectivity index (χ4v) is 2.20. The largest absolute Gasteiger partial charge is 0.325 e.